The van der Waals surface area contributed by atoms with Crippen molar-refractivity contribution in [2.45, 2.75) is 45.7 Å². The van der Waals surface area contributed by atoms with Gasteiger partial charge < -0.3 is 15.7 Å². The molecule has 0 saturated heterocycles. The first-order valence-corrected chi connectivity index (χ1v) is 8.14. The fourth-order valence-corrected chi connectivity index (χ4v) is 2.50. The van der Waals surface area contributed by atoms with Crippen molar-refractivity contribution in [2.75, 3.05) is 0 Å². The number of benzene rings is 1. The summed E-state index contributed by atoms with van der Waals surface area (Å²) in [4.78, 5) is 45.7. The summed E-state index contributed by atoms with van der Waals surface area (Å²) >= 11 is 0. The molecule has 142 valence electrons. The van der Waals surface area contributed by atoms with Gasteiger partial charge in [0.05, 0.1) is 4.92 Å². The quantitative estimate of drug-likeness (QED) is 0.445. The van der Waals surface area contributed by atoms with Crippen molar-refractivity contribution in [3.05, 3.63) is 39.9 Å². The van der Waals surface area contributed by atoms with E-state index in [0.29, 0.717) is 6.42 Å². The first kappa shape index (κ1) is 21.1. The Morgan fingerprint density at radius 3 is 2.27 bits per heavy atom. The number of nitrogens with one attached hydrogen (secondary N) is 2. The fraction of sp³-hybridized carbons (Fsp3) is 0.471. The molecule has 1 aromatic rings. The molecule has 2 atom stereocenters. The van der Waals surface area contributed by atoms with Crippen LogP contribution in [0.1, 0.15) is 32.8 Å². The third kappa shape index (κ3) is 6.50. The summed E-state index contributed by atoms with van der Waals surface area (Å²) in [5, 5.41) is 25.3. The van der Waals surface area contributed by atoms with Gasteiger partial charge in [0, 0.05) is 25.0 Å². The van der Waals surface area contributed by atoms with E-state index in [9.17, 15) is 29.6 Å². The minimum absolute atomic E-state index is 0.0936. The second-order valence-electron chi connectivity index (χ2n) is 6.37. The average molecular weight is 365 g/mol. The van der Waals surface area contributed by atoms with Crippen LogP contribution in [0.25, 0.3) is 0 Å². The molecule has 0 aliphatic carbocycles. The molecule has 0 aromatic heterocycles. The maximum Gasteiger partial charge on any atom is 0.326 e. The third-order valence-corrected chi connectivity index (χ3v) is 3.63. The van der Waals surface area contributed by atoms with Crippen LogP contribution in [-0.2, 0) is 20.8 Å². The highest BCUT2D eigenvalue weighted by Gasteiger charge is 2.28. The Kier molecular flexibility index (Phi) is 7.70. The molecule has 9 nitrogen and oxygen atoms in total. The van der Waals surface area contributed by atoms with Gasteiger partial charge in [-0.05, 0) is 12.3 Å². The van der Waals surface area contributed by atoms with Gasteiger partial charge in [0.2, 0.25) is 11.8 Å². The van der Waals surface area contributed by atoms with Crippen LogP contribution in [-0.4, -0.2) is 39.9 Å². The Hall–Kier alpha value is -2.97. The van der Waals surface area contributed by atoms with Crippen molar-refractivity contribution in [1.29, 1.82) is 0 Å². The zero-order valence-electron chi connectivity index (χ0n) is 14.9. The van der Waals surface area contributed by atoms with Gasteiger partial charge in [0.1, 0.15) is 12.1 Å². The second kappa shape index (κ2) is 9.50. The minimum Gasteiger partial charge on any atom is -0.480 e. The van der Waals surface area contributed by atoms with Gasteiger partial charge in [-0.3, -0.25) is 19.7 Å². The predicted molar refractivity (Wildman–Crippen MR) is 93.4 cm³/mol. The summed E-state index contributed by atoms with van der Waals surface area (Å²) in [6, 6.07) is 3.52. The van der Waals surface area contributed by atoms with Gasteiger partial charge in [0.25, 0.3) is 5.69 Å². The van der Waals surface area contributed by atoms with Crippen molar-refractivity contribution in [3.63, 3.8) is 0 Å². The van der Waals surface area contributed by atoms with Crippen molar-refractivity contribution < 1.29 is 24.4 Å². The van der Waals surface area contributed by atoms with Gasteiger partial charge in [-0.2, -0.15) is 0 Å². The summed E-state index contributed by atoms with van der Waals surface area (Å²) in [7, 11) is 0. The van der Waals surface area contributed by atoms with E-state index in [-0.39, 0.29) is 23.6 Å². The molecule has 0 saturated carbocycles. The topological polar surface area (TPSA) is 139 Å². The van der Waals surface area contributed by atoms with E-state index >= 15 is 0 Å². The average Bonchev–Trinajstić information content (AvgIpc) is 2.52. The van der Waals surface area contributed by atoms with Crippen molar-refractivity contribution >= 4 is 23.5 Å². The number of carboxylic acids is 1. The molecule has 0 bridgehead atoms. The number of carboxylic acid groups (broad SMARTS) is 1. The number of para-hydroxylation sites is 1. The Bertz CT molecular complexity index is 689. The number of hydrogen-bond donors (Lipinski definition) is 3. The third-order valence-electron chi connectivity index (χ3n) is 3.63. The van der Waals surface area contributed by atoms with Gasteiger partial charge in [0.15, 0.2) is 0 Å². The lowest BCUT2D eigenvalue weighted by Gasteiger charge is -2.22. The summed E-state index contributed by atoms with van der Waals surface area (Å²) in [5.41, 5.74) is -0.0151. The number of carbonyl (C=O) groups is 3. The highest BCUT2D eigenvalue weighted by molar-refractivity contribution is 5.90. The van der Waals surface area contributed by atoms with Crippen LogP contribution >= 0.6 is 0 Å². The van der Waals surface area contributed by atoms with Crippen LogP contribution in [0.5, 0.6) is 0 Å². The molecular formula is C17H23N3O6. The Balaban J connectivity index is 2.97. The van der Waals surface area contributed by atoms with Crippen LogP contribution in [0.2, 0.25) is 0 Å². The lowest BCUT2D eigenvalue weighted by molar-refractivity contribution is -0.385. The van der Waals surface area contributed by atoms with E-state index < -0.39 is 34.8 Å². The Morgan fingerprint density at radius 2 is 1.77 bits per heavy atom. The first-order chi connectivity index (χ1) is 12.1. The standard InChI is InChI=1S/C17H23N3O6/c1-10(2)8-13(18-11(3)21)16(22)19-14(17(23)24)9-12-6-4-5-7-15(12)20(25)26/h4-7,10,13-14H,8-9H2,1-3H3,(H,18,21)(H,19,22)(H,23,24)/t13-,14+/m0/s1. The Labute approximate surface area is 150 Å². The van der Waals surface area contributed by atoms with Gasteiger partial charge in [-0.15, -0.1) is 0 Å². The SMILES string of the molecule is CC(=O)N[C@@H](CC(C)C)C(=O)N[C@H](Cc1ccccc1[N+](=O)[O-])C(=O)O. The Morgan fingerprint density at radius 1 is 1.15 bits per heavy atom. The number of rotatable bonds is 9. The summed E-state index contributed by atoms with van der Waals surface area (Å²) in [6.07, 6.45) is 0.0932. The summed E-state index contributed by atoms with van der Waals surface area (Å²) in [6.45, 7) is 5.00. The van der Waals surface area contributed by atoms with E-state index in [1.807, 2.05) is 13.8 Å². The number of aliphatic carboxylic acids is 1. The van der Waals surface area contributed by atoms with Crippen molar-refractivity contribution in [1.82, 2.24) is 10.6 Å². The molecule has 0 radical (unpaired) electrons. The zero-order chi connectivity index (χ0) is 19.9. The number of nitro groups is 1. The number of amides is 2. The lowest BCUT2D eigenvalue weighted by atomic mass is 10.0. The molecule has 1 rings (SSSR count). The highest BCUT2D eigenvalue weighted by atomic mass is 16.6. The highest BCUT2D eigenvalue weighted by Crippen LogP contribution is 2.19. The van der Waals surface area contributed by atoms with E-state index in [1.165, 1.54) is 25.1 Å². The monoisotopic (exact) mass is 365 g/mol. The number of nitro benzene ring substituents is 1. The first-order valence-electron chi connectivity index (χ1n) is 8.14. The maximum atomic E-state index is 12.4. The molecule has 2 amide bonds. The van der Waals surface area contributed by atoms with Gasteiger partial charge >= 0.3 is 5.97 Å². The number of carbonyl (C=O) groups excluding carboxylic acids is 2. The maximum absolute atomic E-state index is 12.4. The van der Waals surface area contributed by atoms with Gasteiger partial charge in [-0.25, -0.2) is 4.79 Å². The van der Waals surface area contributed by atoms with Crippen LogP contribution in [0.15, 0.2) is 24.3 Å². The number of nitrogens with zero attached hydrogens (tertiary/aromatic N) is 1. The predicted octanol–water partition coefficient (Wildman–Crippen LogP) is 1.26. The van der Waals surface area contributed by atoms with Crippen LogP contribution in [0, 0.1) is 16.0 Å². The molecular weight excluding hydrogens is 342 g/mol. The molecule has 3 N–H and O–H groups in total. The number of hydrogen-bond acceptors (Lipinski definition) is 5. The molecule has 9 heteroatoms. The summed E-state index contributed by atoms with van der Waals surface area (Å²) in [5.74, 6) is -2.27. The molecule has 0 aliphatic heterocycles. The molecule has 1 aromatic carbocycles. The molecule has 26 heavy (non-hydrogen) atoms. The van der Waals surface area contributed by atoms with E-state index in [2.05, 4.69) is 10.6 Å². The van der Waals surface area contributed by atoms with Crippen molar-refractivity contribution in [2.24, 2.45) is 5.92 Å². The van der Waals surface area contributed by atoms with E-state index in [1.54, 1.807) is 6.07 Å². The zero-order valence-corrected chi connectivity index (χ0v) is 14.9. The van der Waals surface area contributed by atoms with Gasteiger partial charge in [-0.1, -0.05) is 32.0 Å². The minimum atomic E-state index is -1.35. The lowest BCUT2D eigenvalue weighted by Crippen LogP contribution is -2.52. The second-order valence-corrected chi connectivity index (χ2v) is 6.37. The fourth-order valence-electron chi connectivity index (χ4n) is 2.50. The van der Waals surface area contributed by atoms with Crippen molar-refractivity contribution in [3.8, 4) is 0 Å². The molecule has 0 aliphatic rings. The van der Waals surface area contributed by atoms with Crippen LogP contribution < -0.4 is 10.6 Å². The largest absolute Gasteiger partial charge is 0.480 e. The molecule has 0 unspecified atom stereocenters. The molecule has 0 fully saturated rings. The molecule has 0 heterocycles. The van der Waals surface area contributed by atoms with E-state index in [0.717, 1.165) is 0 Å². The van der Waals surface area contributed by atoms with Crippen LogP contribution in [0.3, 0.4) is 0 Å². The normalized spacial score (nSPS) is 12.9. The molecule has 0 spiro atoms. The van der Waals surface area contributed by atoms with Crippen LogP contribution in [0.4, 0.5) is 5.69 Å². The summed E-state index contributed by atoms with van der Waals surface area (Å²) < 4.78 is 0. The van der Waals surface area contributed by atoms with E-state index in [4.69, 9.17) is 0 Å². The smallest absolute Gasteiger partial charge is 0.326 e.